The lowest BCUT2D eigenvalue weighted by Gasteiger charge is -2.36. The first kappa shape index (κ1) is 18.1. The number of phosphoric ester groups is 1. The van der Waals surface area contributed by atoms with Crippen LogP contribution in [0, 0.1) is 0 Å². The van der Waals surface area contributed by atoms with E-state index in [-0.39, 0.29) is 0 Å². The summed E-state index contributed by atoms with van der Waals surface area (Å²) in [5, 5.41) is 20.1. The van der Waals surface area contributed by atoms with Crippen molar-refractivity contribution in [1.82, 2.24) is 4.90 Å². The number of amides is 1. The van der Waals surface area contributed by atoms with E-state index in [0.717, 1.165) is 0 Å². The maximum atomic E-state index is 11.4. The highest BCUT2D eigenvalue weighted by Crippen LogP contribution is 2.37. The molecule has 130 valence electrons. The van der Waals surface area contributed by atoms with Crippen molar-refractivity contribution >= 4 is 13.7 Å². The second-order valence-corrected chi connectivity index (χ2v) is 6.52. The van der Waals surface area contributed by atoms with E-state index in [9.17, 15) is 19.6 Å². The maximum Gasteiger partial charge on any atom is 0.469 e. The quantitative estimate of drug-likeness (QED) is 0.359. The molecule has 1 saturated heterocycles. The van der Waals surface area contributed by atoms with Gasteiger partial charge in [0, 0.05) is 11.8 Å². The Bertz CT molecular complexity index is 573. The molecule has 1 fully saturated rings. The summed E-state index contributed by atoms with van der Waals surface area (Å²) in [5.74, 6) is -0.624. The van der Waals surface area contributed by atoms with E-state index in [2.05, 4.69) is 4.52 Å². The number of aliphatic hydroxyl groups excluding tert-OH is 2. The molecule has 0 aliphatic carbocycles. The molecular weight excluding hydrogens is 331 g/mol. The van der Waals surface area contributed by atoms with Crippen molar-refractivity contribution < 1.29 is 38.6 Å². The Kier molecular flexibility index (Phi) is 5.27. The fourth-order valence-corrected chi connectivity index (χ4v) is 2.89. The number of carbonyl (C=O) groups is 1. The summed E-state index contributed by atoms with van der Waals surface area (Å²) in [4.78, 5) is 30.3. The number of phosphoric acid groups is 1. The molecule has 2 aliphatic rings. The minimum Gasteiger partial charge on any atom is -0.387 e. The van der Waals surface area contributed by atoms with Crippen molar-refractivity contribution in [3.05, 3.63) is 23.9 Å². The summed E-state index contributed by atoms with van der Waals surface area (Å²) in [6.07, 6.45) is -0.285. The van der Waals surface area contributed by atoms with Gasteiger partial charge in [0.2, 0.25) is 5.91 Å². The van der Waals surface area contributed by atoms with Gasteiger partial charge in [-0.3, -0.25) is 9.32 Å². The predicted molar refractivity (Wildman–Crippen MR) is 76.4 cm³/mol. The van der Waals surface area contributed by atoms with Gasteiger partial charge in [0.1, 0.15) is 18.3 Å². The Morgan fingerprint density at radius 3 is 2.65 bits per heavy atom. The second kappa shape index (κ2) is 6.70. The van der Waals surface area contributed by atoms with Crippen molar-refractivity contribution in [1.29, 1.82) is 0 Å². The Hall–Kier alpha value is -1.26. The molecule has 0 aromatic rings. The minimum absolute atomic E-state index is 0.299. The van der Waals surface area contributed by atoms with Crippen LogP contribution in [-0.4, -0.2) is 68.0 Å². The number of hydrogen-bond acceptors (Lipinski definition) is 7. The number of nitrogens with zero attached hydrogens (tertiary/aromatic N) is 1. The van der Waals surface area contributed by atoms with E-state index in [0.29, 0.717) is 5.57 Å². The van der Waals surface area contributed by atoms with Gasteiger partial charge in [-0.05, 0) is 13.0 Å². The van der Waals surface area contributed by atoms with Crippen LogP contribution in [0.25, 0.3) is 0 Å². The highest BCUT2D eigenvalue weighted by atomic mass is 31.2. The molecule has 5 atom stereocenters. The van der Waals surface area contributed by atoms with E-state index in [1.54, 1.807) is 19.2 Å². The smallest absolute Gasteiger partial charge is 0.387 e. The SMILES string of the molecule is CC1C(C(N)=O)=CC=CN1[C@@H]1OC(COP(=O)(O)O)[C@@H](O)C1O. The lowest BCUT2D eigenvalue weighted by molar-refractivity contribution is -0.116. The Morgan fingerprint density at radius 1 is 1.43 bits per heavy atom. The van der Waals surface area contributed by atoms with Crippen LogP contribution in [0.15, 0.2) is 23.9 Å². The zero-order chi connectivity index (χ0) is 17.4. The van der Waals surface area contributed by atoms with Gasteiger partial charge in [-0.25, -0.2) is 4.57 Å². The number of primary amides is 1. The first-order chi connectivity index (χ1) is 10.6. The third-order valence-corrected chi connectivity index (χ3v) is 4.24. The van der Waals surface area contributed by atoms with Crippen molar-refractivity contribution in [2.75, 3.05) is 6.61 Å². The van der Waals surface area contributed by atoms with Gasteiger partial charge >= 0.3 is 7.82 Å². The molecule has 2 rings (SSSR count). The second-order valence-electron chi connectivity index (χ2n) is 5.28. The van der Waals surface area contributed by atoms with E-state index in [1.165, 1.54) is 11.0 Å². The molecule has 23 heavy (non-hydrogen) atoms. The molecule has 0 radical (unpaired) electrons. The number of hydrogen-bond donors (Lipinski definition) is 5. The fourth-order valence-electron chi connectivity index (χ4n) is 2.55. The lowest BCUT2D eigenvalue weighted by Crippen LogP contribution is -2.48. The van der Waals surface area contributed by atoms with Crippen LogP contribution in [0.4, 0.5) is 0 Å². The molecule has 10 nitrogen and oxygen atoms in total. The average Bonchev–Trinajstić information content (AvgIpc) is 2.72. The van der Waals surface area contributed by atoms with Crippen molar-refractivity contribution in [2.45, 2.75) is 37.5 Å². The molecule has 0 aromatic heterocycles. The topological polar surface area (TPSA) is 163 Å². The number of nitrogens with two attached hydrogens (primary N) is 1. The molecule has 2 aliphatic heterocycles. The molecule has 3 unspecified atom stereocenters. The minimum atomic E-state index is -4.72. The van der Waals surface area contributed by atoms with E-state index in [4.69, 9.17) is 20.3 Å². The summed E-state index contributed by atoms with van der Waals surface area (Å²) in [7, 11) is -4.72. The summed E-state index contributed by atoms with van der Waals surface area (Å²) in [5.41, 5.74) is 5.58. The van der Waals surface area contributed by atoms with Crippen LogP contribution < -0.4 is 5.73 Å². The summed E-state index contributed by atoms with van der Waals surface area (Å²) < 4.78 is 20.5. The van der Waals surface area contributed by atoms with Gasteiger partial charge in [-0.15, -0.1) is 0 Å². The first-order valence-electron chi connectivity index (χ1n) is 6.79. The van der Waals surface area contributed by atoms with Crippen LogP contribution in [0.1, 0.15) is 6.92 Å². The van der Waals surface area contributed by atoms with Gasteiger partial charge in [0.15, 0.2) is 6.23 Å². The molecule has 0 spiro atoms. The van der Waals surface area contributed by atoms with Crippen molar-refractivity contribution in [3.63, 3.8) is 0 Å². The maximum absolute atomic E-state index is 11.4. The monoisotopic (exact) mass is 350 g/mol. The summed E-state index contributed by atoms with van der Waals surface area (Å²) in [6.45, 7) is 1.07. The molecule has 6 N–H and O–H groups in total. The van der Waals surface area contributed by atoms with E-state index in [1.807, 2.05) is 0 Å². The summed E-state index contributed by atoms with van der Waals surface area (Å²) >= 11 is 0. The third kappa shape index (κ3) is 3.99. The van der Waals surface area contributed by atoms with Crippen molar-refractivity contribution in [2.24, 2.45) is 5.73 Å². The summed E-state index contributed by atoms with van der Waals surface area (Å²) in [6, 6.07) is -0.509. The molecule has 1 amide bonds. The van der Waals surface area contributed by atoms with E-state index >= 15 is 0 Å². The van der Waals surface area contributed by atoms with Gasteiger partial charge in [0.25, 0.3) is 0 Å². The Balaban J connectivity index is 2.09. The highest BCUT2D eigenvalue weighted by Gasteiger charge is 2.47. The van der Waals surface area contributed by atoms with Gasteiger partial charge in [-0.1, -0.05) is 6.08 Å². The van der Waals surface area contributed by atoms with Crippen LogP contribution >= 0.6 is 7.82 Å². The number of aliphatic hydroxyl groups is 2. The van der Waals surface area contributed by atoms with Crippen LogP contribution in [-0.2, 0) is 18.6 Å². The highest BCUT2D eigenvalue weighted by molar-refractivity contribution is 7.46. The number of carbonyl (C=O) groups excluding carboxylic acids is 1. The van der Waals surface area contributed by atoms with Gasteiger partial charge in [0.05, 0.1) is 12.6 Å². The van der Waals surface area contributed by atoms with Crippen LogP contribution in [0.3, 0.4) is 0 Å². The number of allylic oxidation sites excluding steroid dienone is 2. The lowest BCUT2D eigenvalue weighted by atomic mass is 10.0. The van der Waals surface area contributed by atoms with E-state index < -0.39 is 50.9 Å². The van der Waals surface area contributed by atoms with Crippen molar-refractivity contribution in [3.8, 4) is 0 Å². The molecule has 2 heterocycles. The Labute approximate surface area is 132 Å². The fraction of sp³-hybridized carbons (Fsp3) is 0.583. The Morgan fingerprint density at radius 2 is 2.09 bits per heavy atom. The largest absolute Gasteiger partial charge is 0.469 e. The first-order valence-corrected chi connectivity index (χ1v) is 8.32. The molecule has 0 saturated carbocycles. The number of rotatable bonds is 5. The third-order valence-electron chi connectivity index (χ3n) is 3.75. The van der Waals surface area contributed by atoms with Gasteiger partial charge < -0.3 is 35.4 Å². The molecule has 0 aromatic carbocycles. The standard InChI is InChI=1S/C12H19N2O8P/c1-6-7(11(13)17)3-2-4-14(6)12-10(16)9(15)8(22-12)5-21-23(18,19)20/h2-4,6,8-10,12,15-16H,5H2,1H3,(H2,13,17)(H2,18,19,20)/t6?,8?,9-,10?,12-/m1/s1. The predicted octanol–water partition coefficient (Wildman–Crippen LogP) is -1.83. The molecule has 0 bridgehead atoms. The van der Waals surface area contributed by atoms with Crippen LogP contribution in [0.2, 0.25) is 0 Å². The number of ether oxygens (including phenoxy) is 1. The molecular formula is C12H19N2O8P. The average molecular weight is 350 g/mol. The zero-order valence-electron chi connectivity index (χ0n) is 12.2. The molecule has 11 heteroatoms. The normalized spacial score (nSPS) is 34.6. The zero-order valence-corrected chi connectivity index (χ0v) is 13.1. The van der Waals surface area contributed by atoms with Gasteiger partial charge in [-0.2, -0.15) is 0 Å². The van der Waals surface area contributed by atoms with Crippen LogP contribution in [0.5, 0.6) is 0 Å².